The zero-order chi connectivity index (χ0) is 20.3. The molecule has 0 unspecified atom stereocenters. The maximum absolute atomic E-state index is 13.0. The maximum Gasteiger partial charge on any atom is 0.264 e. The smallest absolute Gasteiger partial charge is 0.264 e. The Balaban J connectivity index is 1.26. The van der Waals surface area contributed by atoms with E-state index in [4.69, 9.17) is 9.26 Å². The summed E-state index contributed by atoms with van der Waals surface area (Å²) in [6.07, 6.45) is 4.49. The van der Waals surface area contributed by atoms with Crippen LogP contribution in [-0.2, 0) is 13.2 Å². The monoisotopic (exact) mass is 407 g/mol. The topological polar surface area (TPSA) is 69.2 Å². The lowest BCUT2D eigenvalue weighted by molar-refractivity contribution is 0.242. The minimum atomic E-state index is -0.309. The molecule has 0 bridgehead atoms. The average Bonchev–Trinajstić information content (AvgIpc) is 3.52. The lowest BCUT2D eigenvalue weighted by Crippen LogP contribution is -2.23. The standard InChI is InChI=1S/C22H22FN5O2/c23-17-4-6-18(7-5-17)29-14-21-25-22(26-30-21)16-3-8-20-19(13-16)24-15-28(20)12-11-27-9-1-2-10-27/h3-8,13,15H,1-2,9-12,14H2. The third-order valence-electron chi connectivity index (χ3n) is 5.38. The molecule has 154 valence electrons. The van der Waals surface area contributed by atoms with Crippen LogP contribution in [0.2, 0.25) is 0 Å². The normalized spacial score (nSPS) is 14.6. The van der Waals surface area contributed by atoms with Gasteiger partial charge >= 0.3 is 0 Å². The molecule has 0 radical (unpaired) electrons. The molecule has 1 aliphatic rings. The van der Waals surface area contributed by atoms with E-state index in [9.17, 15) is 4.39 Å². The molecule has 30 heavy (non-hydrogen) atoms. The predicted octanol–water partition coefficient (Wildman–Crippen LogP) is 3.90. The fourth-order valence-corrected chi connectivity index (χ4v) is 3.74. The summed E-state index contributed by atoms with van der Waals surface area (Å²) in [5, 5.41) is 4.05. The second-order valence-electron chi connectivity index (χ2n) is 7.44. The van der Waals surface area contributed by atoms with Gasteiger partial charge in [0.15, 0.2) is 6.61 Å². The number of likely N-dealkylation sites (tertiary alicyclic amines) is 1. The van der Waals surface area contributed by atoms with Gasteiger partial charge in [0.25, 0.3) is 5.89 Å². The molecule has 4 aromatic rings. The van der Waals surface area contributed by atoms with Crippen LogP contribution in [-0.4, -0.2) is 44.2 Å². The van der Waals surface area contributed by atoms with Gasteiger partial charge in [0.2, 0.25) is 5.82 Å². The second-order valence-corrected chi connectivity index (χ2v) is 7.44. The number of fused-ring (bicyclic) bond motifs is 1. The van der Waals surface area contributed by atoms with Crippen LogP contribution in [0.4, 0.5) is 4.39 Å². The third kappa shape index (κ3) is 4.04. The van der Waals surface area contributed by atoms with Crippen LogP contribution in [0.1, 0.15) is 18.7 Å². The average molecular weight is 407 g/mol. The minimum absolute atomic E-state index is 0.117. The van der Waals surface area contributed by atoms with Crippen LogP contribution in [0.15, 0.2) is 53.3 Å². The van der Waals surface area contributed by atoms with Crippen molar-refractivity contribution >= 4 is 11.0 Å². The first-order valence-electron chi connectivity index (χ1n) is 10.1. The lowest BCUT2D eigenvalue weighted by atomic mass is 10.2. The third-order valence-corrected chi connectivity index (χ3v) is 5.38. The summed E-state index contributed by atoms with van der Waals surface area (Å²) in [6, 6.07) is 11.8. The molecule has 7 nitrogen and oxygen atoms in total. The summed E-state index contributed by atoms with van der Waals surface area (Å²) in [6.45, 7) is 4.49. The van der Waals surface area contributed by atoms with E-state index in [0.29, 0.717) is 17.5 Å². The van der Waals surface area contributed by atoms with Crippen LogP contribution in [0.3, 0.4) is 0 Å². The Morgan fingerprint density at radius 1 is 1.03 bits per heavy atom. The maximum atomic E-state index is 13.0. The van der Waals surface area contributed by atoms with Crippen molar-refractivity contribution in [3.63, 3.8) is 0 Å². The van der Waals surface area contributed by atoms with Crippen molar-refractivity contribution in [3.05, 3.63) is 60.5 Å². The fourth-order valence-electron chi connectivity index (χ4n) is 3.74. The van der Waals surface area contributed by atoms with E-state index in [2.05, 4.69) is 24.6 Å². The molecule has 0 spiro atoms. The highest BCUT2D eigenvalue weighted by molar-refractivity contribution is 5.80. The first kappa shape index (κ1) is 18.7. The van der Waals surface area contributed by atoms with Crippen LogP contribution in [0.25, 0.3) is 22.4 Å². The van der Waals surface area contributed by atoms with E-state index in [1.54, 1.807) is 12.1 Å². The van der Waals surface area contributed by atoms with Gasteiger partial charge in [0.1, 0.15) is 11.6 Å². The summed E-state index contributed by atoms with van der Waals surface area (Å²) in [4.78, 5) is 11.4. The second kappa shape index (κ2) is 8.23. The van der Waals surface area contributed by atoms with Gasteiger partial charge in [-0.1, -0.05) is 5.16 Å². The summed E-state index contributed by atoms with van der Waals surface area (Å²) < 4.78 is 26.0. The summed E-state index contributed by atoms with van der Waals surface area (Å²) >= 11 is 0. The Labute approximate surface area is 173 Å². The number of nitrogens with zero attached hydrogens (tertiary/aromatic N) is 5. The van der Waals surface area contributed by atoms with Gasteiger partial charge in [-0.2, -0.15) is 4.98 Å². The summed E-state index contributed by atoms with van der Waals surface area (Å²) in [5.74, 6) is 1.07. The number of ether oxygens (including phenoxy) is 1. The van der Waals surface area contributed by atoms with E-state index in [1.807, 2.05) is 24.5 Å². The Hall–Kier alpha value is -3.26. The highest BCUT2D eigenvalue weighted by Crippen LogP contribution is 2.22. The van der Waals surface area contributed by atoms with Crippen molar-refractivity contribution in [1.29, 1.82) is 0 Å². The number of rotatable bonds is 7. The zero-order valence-electron chi connectivity index (χ0n) is 16.5. The van der Waals surface area contributed by atoms with Gasteiger partial charge in [-0.15, -0.1) is 0 Å². The van der Waals surface area contributed by atoms with Gasteiger partial charge in [-0.3, -0.25) is 0 Å². The van der Waals surface area contributed by atoms with Crippen LogP contribution < -0.4 is 4.74 Å². The zero-order valence-corrected chi connectivity index (χ0v) is 16.5. The number of halogens is 1. The largest absolute Gasteiger partial charge is 0.484 e. The SMILES string of the molecule is Fc1ccc(OCc2nc(-c3ccc4c(c3)ncn4CCN3CCCC3)no2)cc1. The van der Waals surface area contributed by atoms with Gasteiger partial charge < -0.3 is 18.7 Å². The molecule has 0 atom stereocenters. The predicted molar refractivity (Wildman–Crippen MR) is 109 cm³/mol. The van der Waals surface area contributed by atoms with Gasteiger partial charge in [-0.05, 0) is 68.4 Å². The molecule has 1 aliphatic heterocycles. The molecular weight excluding hydrogens is 385 g/mol. The van der Waals surface area contributed by atoms with Gasteiger partial charge in [-0.25, -0.2) is 9.37 Å². The molecule has 0 amide bonds. The quantitative estimate of drug-likeness (QED) is 0.463. The first-order valence-corrected chi connectivity index (χ1v) is 10.1. The van der Waals surface area contributed by atoms with E-state index >= 15 is 0 Å². The van der Waals surface area contributed by atoms with Crippen LogP contribution in [0, 0.1) is 5.82 Å². The Bertz CT molecular complexity index is 1130. The Kier molecular flexibility index (Phi) is 5.15. The number of benzene rings is 2. The minimum Gasteiger partial charge on any atom is -0.484 e. The van der Waals surface area contributed by atoms with Gasteiger partial charge in [0.05, 0.1) is 17.4 Å². The number of imidazole rings is 1. The Morgan fingerprint density at radius 3 is 2.70 bits per heavy atom. The van der Waals surface area contributed by atoms with Crippen molar-refractivity contribution in [2.24, 2.45) is 0 Å². The summed E-state index contributed by atoms with van der Waals surface area (Å²) in [7, 11) is 0. The van der Waals surface area contributed by atoms with Crippen LogP contribution in [0.5, 0.6) is 5.75 Å². The summed E-state index contributed by atoms with van der Waals surface area (Å²) in [5.41, 5.74) is 2.84. The van der Waals surface area contributed by atoms with Gasteiger partial charge in [0, 0.05) is 18.7 Å². The highest BCUT2D eigenvalue weighted by atomic mass is 19.1. The molecule has 2 aromatic heterocycles. The first-order chi connectivity index (χ1) is 14.7. The van der Waals surface area contributed by atoms with Crippen molar-refractivity contribution in [2.45, 2.75) is 26.0 Å². The van der Waals surface area contributed by atoms with Crippen molar-refractivity contribution in [2.75, 3.05) is 19.6 Å². The molecular formula is C22H22FN5O2. The number of hydrogen-bond donors (Lipinski definition) is 0. The van der Waals surface area contributed by atoms with E-state index in [-0.39, 0.29) is 12.4 Å². The van der Waals surface area contributed by atoms with E-state index < -0.39 is 0 Å². The molecule has 8 heteroatoms. The highest BCUT2D eigenvalue weighted by Gasteiger charge is 2.14. The molecule has 3 heterocycles. The molecule has 0 saturated carbocycles. The molecule has 0 aliphatic carbocycles. The molecule has 5 rings (SSSR count). The molecule has 2 aromatic carbocycles. The van der Waals surface area contributed by atoms with E-state index in [0.717, 1.165) is 29.7 Å². The lowest BCUT2D eigenvalue weighted by Gasteiger charge is -2.14. The fraction of sp³-hybridized carbons (Fsp3) is 0.318. The number of aromatic nitrogens is 4. The van der Waals surface area contributed by atoms with Crippen molar-refractivity contribution < 1.29 is 13.7 Å². The molecule has 1 saturated heterocycles. The van der Waals surface area contributed by atoms with Crippen LogP contribution >= 0.6 is 0 Å². The number of hydrogen-bond acceptors (Lipinski definition) is 6. The Morgan fingerprint density at radius 2 is 1.87 bits per heavy atom. The molecule has 0 N–H and O–H groups in total. The molecule has 1 fully saturated rings. The van der Waals surface area contributed by atoms with Crippen molar-refractivity contribution in [3.8, 4) is 17.1 Å². The van der Waals surface area contributed by atoms with E-state index in [1.165, 1.54) is 38.1 Å². The van der Waals surface area contributed by atoms with Crippen molar-refractivity contribution in [1.82, 2.24) is 24.6 Å².